The van der Waals surface area contributed by atoms with Crippen LogP contribution < -0.4 is 4.90 Å². The van der Waals surface area contributed by atoms with Gasteiger partial charge in [0.15, 0.2) is 5.82 Å². The summed E-state index contributed by atoms with van der Waals surface area (Å²) >= 11 is 0. The van der Waals surface area contributed by atoms with Gasteiger partial charge in [-0.05, 0) is 19.1 Å². The van der Waals surface area contributed by atoms with E-state index in [9.17, 15) is 0 Å². The maximum Gasteiger partial charge on any atom is 0.151 e. The smallest absolute Gasteiger partial charge is 0.151 e. The van der Waals surface area contributed by atoms with Gasteiger partial charge in [-0.15, -0.1) is 5.10 Å². The molecule has 0 aliphatic carbocycles. The van der Waals surface area contributed by atoms with Gasteiger partial charge in [-0.25, -0.2) is 4.98 Å². The highest BCUT2D eigenvalue weighted by molar-refractivity contribution is 5.38. The Morgan fingerprint density at radius 3 is 2.94 bits per heavy atom. The van der Waals surface area contributed by atoms with E-state index in [0.29, 0.717) is 0 Å². The number of anilines is 1. The number of aromatic nitrogens is 4. The zero-order valence-corrected chi connectivity index (χ0v) is 9.17. The molecule has 0 spiro atoms. The standard InChI is InChI=1S/C11H13N5/c1-9-2-3-11(14-13-9)15-4-5-16-8-12-6-10(16)7-15/h2-3,6,8H,4-5,7H2,1H3. The van der Waals surface area contributed by atoms with Crippen LogP contribution in [0.25, 0.3) is 0 Å². The average Bonchev–Trinajstić information content (AvgIpc) is 2.77. The first-order valence-electron chi connectivity index (χ1n) is 5.37. The predicted molar refractivity (Wildman–Crippen MR) is 60.0 cm³/mol. The van der Waals surface area contributed by atoms with Crippen LogP contribution in [0.15, 0.2) is 24.7 Å². The van der Waals surface area contributed by atoms with Crippen molar-refractivity contribution in [1.82, 2.24) is 19.7 Å². The summed E-state index contributed by atoms with van der Waals surface area (Å²) in [6.07, 6.45) is 3.79. The summed E-state index contributed by atoms with van der Waals surface area (Å²) in [4.78, 5) is 6.37. The van der Waals surface area contributed by atoms with E-state index in [1.165, 1.54) is 5.69 Å². The van der Waals surface area contributed by atoms with Gasteiger partial charge >= 0.3 is 0 Å². The molecule has 2 aromatic heterocycles. The Bertz CT molecular complexity index is 487. The predicted octanol–water partition coefficient (Wildman–Crippen LogP) is 1.00. The Labute approximate surface area is 93.7 Å². The van der Waals surface area contributed by atoms with Crippen LogP contribution in [0.3, 0.4) is 0 Å². The lowest BCUT2D eigenvalue weighted by atomic mass is 10.3. The molecule has 82 valence electrons. The second-order valence-electron chi connectivity index (χ2n) is 4.03. The lowest BCUT2D eigenvalue weighted by Crippen LogP contribution is -2.33. The molecular formula is C11H13N5. The minimum Gasteiger partial charge on any atom is -0.347 e. The molecule has 0 fully saturated rings. The number of nitrogens with zero attached hydrogens (tertiary/aromatic N) is 5. The van der Waals surface area contributed by atoms with Crippen molar-refractivity contribution in [1.29, 1.82) is 0 Å². The van der Waals surface area contributed by atoms with E-state index in [-0.39, 0.29) is 0 Å². The topological polar surface area (TPSA) is 46.8 Å². The Kier molecular flexibility index (Phi) is 2.09. The van der Waals surface area contributed by atoms with Gasteiger partial charge in [0.25, 0.3) is 0 Å². The highest BCUT2D eigenvalue weighted by atomic mass is 15.3. The van der Waals surface area contributed by atoms with Crippen molar-refractivity contribution in [3.8, 4) is 0 Å². The molecule has 1 aliphatic heterocycles. The van der Waals surface area contributed by atoms with Crippen LogP contribution in [0.2, 0.25) is 0 Å². The third-order valence-electron chi connectivity index (χ3n) is 2.87. The first-order chi connectivity index (χ1) is 7.83. The fourth-order valence-corrected chi connectivity index (χ4v) is 1.94. The zero-order chi connectivity index (χ0) is 11.0. The number of hydrogen-bond acceptors (Lipinski definition) is 4. The van der Waals surface area contributed by atoms with Crippen molar-refractivity contribution in [2.45, 2.75) is 20.0 Å². The molecule has 0 saturated heterocycles. The SMILES string of the molecule is Cc1ccc(N2CCn3cncc3C2)nn1. The highest BCUT2D eigenvalue weighted by Gasteiger charge is 2.17. The van der Waals surface area contributed by atoms with Crippen LogP contribution in [-0.4, -0.2) is 26.3 Å². The maximum atomic E-state index is 4.21. The molecule has 0 atom stereocenters. The summed E-state index contributed by atoms with van der Waals surface area (Å²) in [5.74, 6) is 0.943. The molecular weight excluding hydrogens is 202 g/mol. The Morgan fingerprint density at radius 2 is 2.12 bits per heavy atom. The lowest BCUT2D eigenvalue weighted by molar-refractivity contribution is 0.565. The van der Waals surface area contributed by atoms with Crippen molar-refractivity contribution in [3.63, 3.8) is 0 Å². The molecule has 3 heterocycles. The number of imidazole rings is 1. The molecule has 16 heavy (non-hydrogen) atoms. The molecule has 5 heteroatoms. The lowest BCUT2D eigenvalue weighted by Gasteiger charge is -2.28. The van der Waals surface area contributed by atoms with E-state index in [4.69, 9.17) is 0 Å². The van der Waals surface area contributed by atoms with Gasteiger partial charge in [0, 0.05) is 19.3 Å². The summed E-state index contributed by atoms with van der Waals surface area (Å²) in [5.41, 5.74) is 2.18. The van der Waals surface area contributed by atoms with E-state index < -0.39 is 0 Å². The molecule has 0 unspecified atom stereocenters. The Hall–Kier alpha value is -1.91. The largest absolute Gasteiger partial charge is 0.347 e. The molecule has 0 radical (unpaired) electrons. The van der Waals surface area contributed by atoms with Crippen molar-refractivity contribution in [2.24, 2.45) is 0 Å². The molecule has 0 saturated carbocycles. The fraction of sp³-hybridized carbons (Fsp3) is 0.364. The molecule has 0 bridgehead atoms. The average molecular weight is 215 g/mol. The van der Waals surface area contributed by atoms with Crippen LogP contribution in [0.1, 0.15) is 11.4 Å². The summed E-state index contributed by atoms with van der Waals surface area (Å²) in [6.45, 7) is 4.73. The van der Waals surface area contributed by atoms with Crippen molar-refractivity contribution >= 4 is 5.82 Å². The van der Waals surface area contributed by atoms with E-state index in [1.807, 2.05) is 31.6 Å². The first-order valence-corrected chi connectivity index (χ1v) is 5.37. The van der Waals surface area contributed by atoms with Gasteiger partial charge in [0.1, 0.15) is 0 Å². The minimum absolute atomic E-state index is 0.859. The number of fused-ring (bicyclic) bond motifs is 1. The fourth-order valence-electron chi connectivity index (χ4n) is 1.94. The second-order valence-corrected chi connectivity index (χ2v) is 4.03. The van der Waals surface area contributed by atoms with Crippen LogP contribution in [0.4, 0.5) is 5.82 Å². The zero-order valence-electron chi connectivity index (χ0n) is 9.17. The number of rotatable bonds is 1. The van der Waals surface area contributed by atoms with E-state index in [2.05, 4.69) is 24.6 Å². The Balaban J connectivity index is 1.86. The van der Waals surface area contributed by atoms with Crippen LogP contribution in [-0.2, 0) is 13.1 Å². The van der Waals surface area contributed by atoms with Crippen molar-refractivity contribution in [3.05, 3.63) is 36.0 Å². The molecule has 3 rings (SSSR count). The molecule has 0 aromatic carbocycles. The summed E-state index contributed by atoms with van der Waals surface area (Å²) in [6, 6.07) is 4.02. The molecule has 2 aromatic rings. The van der Waals surface area contributed by atoms with Gasteiger partial charge in [0.05, 0.1) is 24.3 Å². The van der Waals surface area contributed by atoms with Gasteiger partial charge in [-0.1, -0.05) is 0 Å². The first kappa shape index (κ1) is 9.33. The van der Waals surface area contributed by atoms with Crippen LogP contribution in [0, 0.1) is 6.92 Å². The van der Waals surface area contributed by atoms with Crippen LogP contribution in [0.5, 0.6) is 0 Å². The second kappa shape index (κ2) is 3.59. The van der Waals surface area contributed by atoms with E-state index >= 15 is 0 Å². The molecule has 1 aliphatic rings. The van der Waals surface area contributed by atoms with E-state index in [1.54, 1.807) is 0 Å². The molecule has 0 N–H and O–H groups in total. The van der Waals surface area contributed by atoms with Crippen molar-refractivity contribution < 1.29 is 0 Å². The van der Waals surface area contributed by atoms with Gasteiger partial charge in [-0.2, -0.15) is 5.10 Å². The van der Waals surface area contributed by atoms with E-state index in [0.717, 1.165) is 31.1 Å². The van der Waals surface area contributed by atoms with Crippen LogP contribution >= 0.6 is 0 Å². The van der Waals surface area contributed by atoms with Crippen molar-refractivity contribution in [2.75, 3.05) is 11.4 Å². The number of aryl methyl sites for hydroxylation is 1. The van der Waals surface area contributed by atoms with Gasteiger partial charge in [0.2, 0.25) is 0 Å². The monoisotopic (exact) mass is 215 g/mol. The normalized spacial score (nSPS) is 14.9. The molecule has 5 nitrogen and oxygen atoms in total. The Morgan fingerprint density at radius 1 is 1.19 bits per heavy atom. The van der Waals surface area contributed by atoms with Gasteiger partial charge < -0.3 is 9.47 Å². The summed E-state index contributed by atoms with van der Waals surface area (Å²) in [7, 11) is 0. The highest BCUT2D eigenvalue weighted by Crippen LogP contribution is 2.17. The quantitative estimate of drug-likeness (QED) is 0.712. The molecule has 0 amide bonds. The third-order valence-corrected chi connectivity index (χ3v) is 2.87. The minimum atomic E-state index is 0.859. The summed E-state index contributed by atoms with van der Waals surface area (Å²) < 4.78 is 2.18. The summed E-state index contributed by atoms with van der Waals surface area (Å²) in [5, 5.41) is 8.29. The van der Waals surface area contributed by atoms with Gasteiger partial charge in [-0.3, -0.25) is 0 Å². The maximum absolute atomic E-state index is 4.21. The third kappa shape index (κ3) is 1.54. The number of hydrogen-bond donors (Lipinski definition) is 0.